The van der Waals surface area contributed by atoms with Gasteiger partial charge in [-0.2, -0.15) is 13.2 Å². The normalized spacial score (nSPS) is 41.3. The molecular weight excluding hydrogens is 287 g/mol. The van der Waals surface area contributed by atoms with Gasteiger partial charge in [-0.3, -0.25) is 4.90 Å². The second kappa shape index (κ2) is 5.04. The van der Waals surface area contributed by atoms with Crippen molar-refractivity contribution in [3.05, 3.63) is 0 Å². The molecule has 1 saturated carbocycles. The molecule has 1 aliphatic carbocycles. The van der Waals surface area contributed by atoms with E-state index in [0.29, 0.717) is 19.3 Å². The van der Waals surface area contributed by atoms with Gasteiger partial charge in [0.25, 0.3) is 0 Å². The van der Waals surface area contributed by atoms with E-state index < -0.39 is 18.2 Å². The summed E-state index contributed by atoms with van der Waals surface area (Å²) >= 11 is 0. The van der Waals surface area contributed by atoms with Crippen molar-refractivity contribution >= 4 is 6.09 Å². The fraction of sp³-hybridized carbons (Fsp3) is 0.929. The third kappa shape index (κ3) is 2.39. The molecule has 0 aromatic heterocycles. The second-order valence-electron chi connectivity index (χ2n) is 6.52. The molecule has 0 radical (unpaired) electrons. The maximum absolute atomic E-state index is 12.9. The smallest absolute Gasteiger partial charge is 0.414 e. The lowest BCUT2D eigenvalue weighted by Gasteiger charge is -2.50. The van der Waals surface area contributed by atoms with E-state index >= 15 is 0 Å². The van der Waals surface area contributed by atoms with Crippen LogP contribution in [0.3, 0.4) is 0 Å². The fourth-order valence-corrected chi connectivity index (χ4v) is 4.59. The first-order valence-corrected chi connectivity index (χ1v) is 7.50. The highest BCUT2D eigenvalue weighted by molar-refractivity contribution is 5.70. The minimum atomic E-state index is -4.57. The number of alkyl halides is 3. The number of hydrogen-bond acceptors (Lipinski definition) is 3. The van der Waals surface area contributed by atoms with E-state index in [9.17, 15) is 23.1 Å². The van der Waals surface area contributed by atoms with Crippen molar-refractivity contribution in [3.63, 3.8) is 0 Å². The molecule has 3 rings (SSSR count). The molecule has 2 saturated heterocycles. The lowest BCUT2D eigenvalue weighted by atomic mass is 9.63. The number of hydrogen-bond donors (Lipinski definition) is 1. The Kier molecular flexibility index (Phi) is 3.58. The van der Waals surface area contributed by atoms with Crippen LogP contribution in [0.25, 0.3) is 0 Å². The largest absolute Gasteiger partial charge is 0.447 e. The van der Waals surface area contributed by atoms with Crippen LogP contribution in [0.15, 0.2) is 0 Å². The number of nitrogens with zero attached hydrogens (tertiary/aromatic N) is 1. The number of halogens is 3. The van der Waals surface area contributed by atoms with Crippen LogP contribution in [0, 0.1) is 17.8 Å². The van der Waals surface area contributed by atoms with Crippen molar-refractivity contribution in [2.45, 2.75) is 57.0 Å². The zero-order chi connectivity index (χ0) is 15.4. The number of rotatable bonds is 1. The van der Waals surface area contributed by atoms with E-state index in [-0.39, 0.29) is 36.6 Å². The van der Waals surface area contributed by atoms with Crippen LogP contribution < -0.4 is 0 Å². The van der Waals surface area contributed by atoms with Crippen molar-refractivity contribution in [2.24, 2.45) is 17.8 Å². The first-order valence-electron chi connectivity index (χ1n) is 7.50. The molecule has 1 amide bonds. The molecule has 0 bridgehead atoms. The van der Waals surface area contributed by atoms with Gasteiger partial charge >= 0.3 is 12.3 Å². The van der Waals surface area contributed by atoms with E-state index in [1.54, 1.807) is 4.90 Å². The predicted molar refractivity (Wildman–Crippen MR) is 67.4 cm³/mol. The summed E-state index contributed by atoms with van der Waals surface area (Å²) in [5.74, 6) is -0.937. The molecule has 2 heterocycles. The number of carbonyl (C=O) groups is 1. The van der Waals surface area contributed by atoms with Gasteiger partial charge in [-0.25, -0.2) is 4.79 Å². The molecular formula is C14H20F3NO3. The molecule has 3 aliphatic rings. The van der Waals surface area contributed by atoms with Gasteiger partial charge in [0.15, 0.2) is 6.10 Å². The van der Waals surface area contributed by atoms with Crippen molar-refractivity contribution in [2.75, 3.05) is 6.61 Å². The molecule has 3 fully saturated rings. The number of ether oxygens (including phenoxy) is 1. The SMILES string of the molecule is C[C@H]1C2CCC[C@H]([C@H](O)C(F)(F)F)[C@H]2C[C@@H]2COC(=O)N21. The van der Waals surface area contributed by atoms with Crippen molar-refractivity contribution in [1.82, 2.24) is 4.90 Å². The van der Waals surface area contributed by atoms with Crippen LogP contribution in [-0.4, -0.2) is 47.1 Å². The van der Waals surface area contributed by atoms with Crippen molar-refractivity contribution < 1.29 is 27.8 Å². The second-order valence-corrected chi connectivity index (χ2v) is 6.52. The molecule has 0 spiro atoms. The van der Waals surface area contributed by atoms with E-state index in [1.807, 2.05) is 6.92 Å². The maximum Gasteiger partial charge on any atom is 0.414 e. The number of carbonyl (C=O) groups excluding carboxylic acids is 1. The summed E-state index contributed by atoms with van der Waals surface area (Å²) < 4.78 is 43.7. The third-order valence-electron chi connectivity index (χ3n) is 5.52. The van der Waals surface area contributed by atoms with E-state index in [1.165, 1.54) is 0 Å². The summed E-state index contributed by atoms with van der Waals surface area (Å²) in [6, 6.07) is -0.262. The summed E-state index contributed by atoms with van der Waals surface area (Å²) in [7, 11) is 0. The predicted octanol–water partition coefficient (Wildman–Crippen LogP) is 2.56. The van der Waals surface area contributed by atoms with Crippen LogP contribution >= 0.6 is 0 Å². The zero-order valence-electron chi connectivity index (χ0n) is 11.8. The molecule has 21 heavy (non-hydrogen) atoms. The number of fused-ring (bicyclic) bond motifs is 2. The minimum Gasteiger partial charge on any atom is -0.447 e. The number of piperidine rings is 1. The molecule has 2 aliphatic heterocycles. The Morgan fingerprint density at radius 1 is 1.33 bits per heavy atom. The quantitative estimate of drug-likeness (QED) is 0.810. The van der Waals surface area contributed by atoms with Crippen molar-refractivity contribution in [1.29, 1.82) is 0 Å². The standard InChI is InChI=1S/C14H20F3NO3/c1-7-9-3-2-4-10(12(19)14(15,16)17)11(9)5-8-6-21-13(20)18(7)8/h7-12,19H,2-6H2,1H3/t7-,8+,9?,10-,11-,12-/m0/s1. The average Bonchev–Trinajstić information content (AvgIpc) is 2.78. The molecule has 0 aromatic carbocycles. The fourth-order valence-electron chi connectivity index (χ4n) is 4.59. The Labute approximate surface area is 121 Å². The molecule has 0 aromatic rings. The molecule has 7 heteroatoms. The average molecular weight is 307 g/mol. The van der Waals surface area contributed by atoms with Gasteiger partial charge in [0.2, 0.25) is 0 Å². The van der Waals surface area contributed by atoms with Crippen LogP contribution in [0.4, 0.5) is 18.0 Å². The minimum absolute atomic E-state index is 0.0163. The van der Waals surface area contributed by atoms with E-state index in [2.05, 4.69) is 0 Å². The lowest BCUT2D eigenvalue weighted by molar-refractivity contribution is -0.233. The van der Waals surface area contributed by atoms with Crippen LogP contribution in [0.2, 0.25) is 0 Å². The Morgan fingerprint density at radius 3 is 2.71 bits per heavy atom. The number of cyclic esters (lactones) is 1. The Morgan fingerprint density at radius 2 is 2.05 bits per heavy atom. The van der Waals surface area contributed by atoms with Gasteiger partial charge in [-0.15, -0.1) is 0 Å². The summed E-state index contributed by atoms with van der Waals surface area (Å²) in [6.07, 6.45) is -4.82. The van der Waals surface area contributed by atoms with E-state index in [0.717, 1.165) is 6.42 Å². The molecule has 6 atom stereocenters. The van der Waals surface area contributed by atoms with Gasteiger partial charge in [-0.05, 0) is 43.9 Å². The maximum atomic E-state index is 12.9. The third-order valence-corrected chi connectivity index (χ3v) is 5.52. The van der Waals surface area contributed by atoms with Gasteiger partial charge in [-0.1, -0.05) is 6.42 Å². The highest BCUT2D eigenvalue weighted by Gasteiger charge is 2.55. The Bertz CT molecular complexity index is 428. The summed E-state index contributed by atoms with van der Waals surface area (Å²) in [5.41, 5.74) is 0. The molecule has 120 valence electrons. The first kappa shape index (κ1) is 14.9. The molecule has 1 N–H and O–H groups in total. The topological polar surface area (TPSA) is 49.8 Å². The lowest BCUT2D eigenvalue weighted by Crippen LogP contribution is -2.57. The highest BCUT2D eigenvalue weighted by Crippen LogP contribution is 2.49. The van der Waals surface area contributed by atoms with Gasteiger partial charge in [0.05, 0.1) is 6.04 Å². The summed E-state index contributed by atoms with van der Waals surface area (Å²) in [4.78, 5) is 13.4. The number of aliphatic hydroxyl groups is 1. The summed E-state index contributed by atoms with van der Waals surface area (Å²) in [6.45, 7) is 2.14. The zero-order valence-corrected chi connectivity index (χ0v) is 11.8. The Hall–Kier alpha value is -0.980. The van der Waals surface area contributed by atoms with Gasteiger partial charge in [0.1, 0.15) is 6.61 Å². The number of aliphatic hydroxyl groups excluding tert-OH is 1. The van der Waals surface area contributed by atoms with Gasteiger partial charge < -0.3 is 9.84 Å². The molecule has 4 nitrogen and oxygen atoms in total. The van der Waals surface area contributed by atoms with Gasteiger partial charge in [0, 0.05) is 6.04 Å². The van der Waals surface area contributed by atoms with Crippen molar-refractivity contribution in [3.8, 4) is 0 Å². The first-order chi connectivity index (χ1) is 9.80. The highest BCUT2D eigenvalue weighted by atomic mass is 19.4. The van der Waals surface area contributed by atoms with Crippen LogP contribution in [0.1, 0.15) is 32.6 Å². The number of amides is 1. The van der Waals surface area contributed by atoms with E-state index in [4.69, 9.17) is 4.74 Å². The monoisotopic (exact) mass is 307 g/mol. The van der Waals surface area contributed by atoms with Crippen LogP contribution in [-0.2, 0) is 4.74 Å². The summed E-state index contributed by atoms with van der Waals surface area (Å²) in [5, 5.41) is 9.69. The van der Waals surface area contributed by atoms with Crippen LogP contribution in [0.5, 0.6) is 0 Å². The Balaban J connectivity index is 1.83. The molecule has 1 unspecified atom stereocenters.